The largest absolute Gasteiger partial charge is 0.372 e. The van der Waals surface area contributed by atoms with Gasteiger partial charge in [0.25, 0.3) is 0 Å². The summed E-state index contributed by atoms with van der Waals surface area (Å²) >= 11 is 5.26. The maximum Gasteiger partial charge on any atom is 0.0707 e. The van der Waals surface area contributed by atoms with E-state index in [1.165, 1.54) is 22.2 Å². The van der Waals surface area contributed by atoms with Crippen LogP contribution in [0.3, 0.4) is 0 Å². The molecule has 0 aromatic carbocycles. The molecule has 3 nitrogen and oxygen atoms in total. The Kier molecular flexibility index (Phi) is 6.49. The van der Waals surface area contributed by atoms with E-state index in [1.807, 2.05) is 0 Å². The molecular weight excluding hydrogens is 336 g/mol. The molecule has 0 aliphatic carbocycles. The molecule has 0 amide bonds. The first-order chi connectivity index (χ1) is 9.52. The molecule has 1 N–H and O–H groups in total. The standard InChI is InChI=1S/C15H25BrN2OS/c1-11(2)17-7-13-4-5-14(19-13)9-18(3)8-12-6-15(16)20-10-12/h6,10-11,13-14,17H,4-5,7-9H2,1-3H3. The number of nitrogens with zero attached hydrogens (tertiary/aromatic N) is 1. The van der Waals surface area contributed by atoms with Crippen molar-refractivity contribution in [3.8, 4) is 0 Å². The predicted molar refractivity (Wildman–Crippen MR) is 89.4 cm³/mol. The van der Waals surface area contributed by atoms with Crippen molar-refractivity contribution in [2.75, 3.05) is 20.1 Å². The zero-order chi connectivity index (χ0) is 14.5. The highest BCUT2D eigenvalue weighted by atomic mass is 79.9. The van der Waals surface area contributed by atoms with Gasteiger partial charge in [0, 0.05) is 25.7 Å². The van der Waals surface area contributed by atoms with E-state index in [0.29, 0.717) is 18.2 Å². The summed E-state index contributed by atoms with van der Waals surface area (Å²) in [5, 5.41) is 5.68. The van der Waals surface area contributed by atoms with Crippen LogP contribution in [0.15, 0.2) is 15.2 Å². The van der Waals surface area contributed by atoms with Gasteiger partial charge < -0.3 is 10.1 Å². The molecule has 114 valence electrons. The molecule has 1 aromatic heterocycles. The lowest BCUT2D eigenvalue weighted by molar-refractivity contribution is 0.0259. The zero-order valence-electron chi connectivity index (χ0n) is 12.6. The summed E-state index contributed by atoms with van der Waals surface area (Å²) in [5.41, 5.74) is 1.38. The van der Waals surface area contributed by atoms with Gasteiger partial charge in [-0.3, -0.25) is 4.90 Å². The number of rotatable bonds is 7. The maximum absolute atomic E-state index is 6.11. The van der Waals surface area contributed by atoms with Crippen molar-refractivity contribution in [3.05, 3.63) is 20.8 Å². The minimum absolute atomic E-state index is 0.390. The van der Waals surface area contributed by atoms with Crippen LogP contribution in [0.2, 0.25) is 0 Å². The van der Waals surface area contributed by atoms with Gasteiger partial charge in [0.05, 0.1) is 16.0 Å². The van der Waals surface area contributed by atoms with Crippen LogP contribution in [0.1, 0.15) is 32.3 Å². The third-order valence-corrected chi connectivity index (χ3v) is 5.09. The molecule has 1 fully saturated rings. The fourth-order valence-corrected chi connectivity index (χ4v) is 3.78. The molecule has 1 aromatic rings. The third-order valence-electron chi connectivity index (χ3n) is 3.54. The zero-order valence-corrected chi connectivity index (χ0v) is 15.0. The van der Waals surface area contributed by atoms with Gasteiger partial charge in [-0.15, -0.1) is 11.3 Å². The van der Waals surface area contributed by atoms with E-state index in [0.717, 1.165) is 19.6 Å². The van der Waals surface area contributed by atoms with Crippen LogP contribution in [0, 0.1) is 0 Å². The SMILES string of the molecule is CC(C)NCC1CCC(CN(C)Cc2csc(Br)c2)O1. The Morgan fingerprint density at radius 1 is 1.45 bits per heavy atom. The lowest BCUT2D eigenvalue weighted by atomic mass is 10.2. The molecule has 0 spiro atoms. The summed E-state index contributed by atoms with van der Waals surface area (Å²) in [4.78, 5) is 2.36. The molecule has 20 heavy (non-hydrogen) atoms. The van der Waals surface area contributed by atoms with Gasteiger partial charge in [-0.05, 0) is 52.8 Å². The summed E-state index contributed by atoms with van der Waals surface area (Å²) in [6, 6.07) is 2.74. The highest BCUT2D eigenvalue weighted by Gasteiger charge is 2.26. The van der Waals surface area contributed by atoms with E-state index < -0.39 is 0 Å². The van der Waals surface area contributed by atoms with Gasteiger partial charge in [-0.1, -0.05) is 13.8 Å². The lowest BCUT2D eigenvalue weighted by Gasteiger charge is -2.21. The second kappa shape index (κ2) is 7.90. The molecule has 0 radical (unpaired) electrons. The van der Waals surface area contributed by atoms with Crippen LogP contribution in [0.25, 0.3) is 0 Å². The first-order valence-electron chi connectivity index (χ1n) is 7.33. The Bertz CT molecular complexity index is 410. The Morgan fingerprint density at radius 2 is 2.20 bits per heavy atom. The van der Waals surface area contributed by atoms with E-state index in [-0.39, 0.29) is 0 Å². The first-order valence-corrected chi connectivity index (χ1v) is 9.00. The fraction of sp³-hybridized carbons (Fsp3) is 0.733. The Hall–Kier alpha value is 0.0600. The molecule has 2 atom stereocenters. The Balaban J connectivity index is 1.69. The average Bonchev–Trinajstić information content (AvgIpc) is 2.96. The van der Waals surface area contributed by atoms with Crippen molar-refractivity contribution < 1.29 is 4.74 Å². The molecule has 2 rings (SSSR count). The van der Waals surface area contributed by atoms with Gasteiger partial charge in [-0.2, -0.15) is 0 Å². The Morgan fingerprint density at radius 3 is 2.85 bits per heavy atom. The molecule has 1 aliphatic rings. The van der Waals surface area contributed by atoms with E-state index in [2.05, 4.69) is 58.5 Å². The maximum atomic E-state index is 6.11. The highest BCUT2D eigenvalue weighted by molar-refractivity contribution is 9.11. The first kappa shape index (κ1) is 16.4. The molecule has 5 heteroatoms. The second-order valence-corrected chi connectivity index (χ2v) is 8.27. The summed E-state index contributed by atoms with van der Waals surface area (Å²) in [6.07, 6.45) is 3.15. The molecule has 2 heterocycles. The molecule has 0 bridgehead atoms. The summed E-state index contributed by atoms with van der Waals surface area (Å²) in [7, 11) is 2.18. The number of likely N-dealkylation sites (N-methyl/N-ethyl adjacent to an activating group) is 1. The number of thiophene rings is 1. The number of hydrogen-bond acceptors (Lipinski definition) is 4. The van der Waals surface area contributed by atoms with Crippen molar-refractivity contribution in [3.63, 3.8) is 0 Å². The molecule has 2 unspecified atom stereocenters. The van der Waals surface area contributed by atoms with E-state index >= 15 is 0 Å². The monoisotopic (exact) mass is 360 g/mol. The van der Waals surface area contributed by atoms with Crippen molar-refractivity contribution >= 4 is 27.3 Å². The molecule has 0 saturated carbocycles. The quantitative estimate of drug-likeness (QED) is 0.805. The lowest BCUT2D eigenvalue weighted by Crippen LogP contribution is -2.34. The van der Waals surface area contributed by atoms with Crippen LogP contribution < -0.4 is 5.32 Å². The number of halogens is 1. The van der Waals surface area contributed by atoms with Crippen LogP contribution in [0.4, 0.5) is 0 Å². The van der Waals surface area contributed by atoms with Crippen LogP contribution in [0.5, 0.6) is 0 Å². The van der Waals surface area contributed by atoms with Gasteiger partial charge in [0.1, 0.15) is 0 Å². The van der Waals surface area contributed by atoms with E-state index in [9.17, 15) is 0 Å². The molecule has 1 aliphatic heterocycles. The van der Waals surface area contributed by atoms with E-state index in [1.54, 1.807) is 11.3 Å². The second-order valence-electron chi connectivity index (χ2n) is 5.98. The normalized spacial score (nSPS) is 23.1. The van der Waals surface area contributed by atoms with Crippen LogP contribution in [-0.4, -0.2) is 43.3 Å². The van der Waals surface area contributed by atoms with Crippen molar-refractivity contribution in [1.82, 2.24) is 10.2 Å². The highest BCUT2D eigenvalue weighted by Crippen LogP contribution is 2.23. The van der Waals surface area contributed by atoms with Crippen LogP contribution >= 0.6 is 27.3 Å². The van der Waals surface area contributed by atoms with Gasteiger partial charge in [-0.25, -0.2) is 0 Å². The van der Waals surface area contributed by atoms with E-state index in [4.69, 9.17) is 4.74 Å². The minimum Gasteiger partial charge on any atom is -0.372 e. The average molecular weight is 361 g/mol. The van der Waals surface area contributed by atoms with Crippen molar-refractivity contribution in [2.24, 2.45) is 0 Å². The number of ether oxygens (including phenoxy) is 1. The smallest absolute Gasteiger partial charge is 0.0707 e. The summed E-state index contributed by atoms with van der Waals surface area (Å²) in [5.74, 6) is 0. The number of hydrogen-bond donors (Lipinski definition) is 1. The number of nitrogens with one attached hydrogen (secondary N) is 1. The third kappa shape index (κ3) is 5.45. The fourth-order valence-electron chi connectivity index (χ4n) is 2.58. The molecular formula is C15H25BrN2OS. The predicted octanol–water partition coefficient (Wildman–Crippen LogP) is 3.49. The molecule has 1 saturated heterocycles. The van der Waals surface area contributed by atoms with Gasteiger partial charge in [0.15, 0.2) is 0 Å². The van der Waals surface area contributed by atoms with Crippen LogP contribution in [-0.2, 0) is 11.3 Å². The van der Waals surface area contributed by atoms with Gasteiger partial charge in [0.2, 0.25) is 0 Å². The summed E-state index contributed by atoms with van der Waals surface area (Å²) < 4.78 is 7.32. The van der Waals surface area contributed by atoms with Gasteiger partial charge >= 0.3 is 0 Å². The summed E-state index contributed by atoms with van der Waals surface area (Å²) in [6.45, 7) is 7.36. The van der Waals surface area contributed by atoms with Crippen molar-refractivity contribution in [1.29, 1.82) is 0 Å². The topological polar surface area (TPSA) is 24.5 Å². The Labute approximate surface area is 134 Å². The minimum atomic E-state index is 0.390. The van der Waals surface area contributed by atoms with Crippen molar-refractivity contribution in [2.45, 2.75) is 51.5 Å².